The molecule has 0 aliphatic rings. The Kier molecular flexibility index (Phi) is 6.78. The third kappa shape index (κ3) is 4.58. The summed E-state index contributed by atoms with van der Waals surface area (Å²) in [6.07, 6.45) is 1.35. The molecule has 0 radical (unpaired) electrons. The lowest BCUT2D eigenvalue weighted by Crippen LogP contribution is -1.87. The van der Waals surface area contributed by atoms with Gasteiger partial charge in [0.05, 0.1) is 19.2 Å². The van der Waals surface area contributed by atoms with E-state index in [-0.39, 0.29) is 27.8 Å². The van der Waals surface area contributed by atoms with E-state index in [1.165, 1.54) is 18.3 Å². The van der Waals surface area contributed by atoms with Crippen LogP contribution < -0.4 is 9.47 Å². The van der Waals surface area contributed by atoms with Crippen LogP contribution in [0.4, 0.5) is 5.88 Å². The Morgan fingerprint density at radius 2 is 1.53 bits per heavy atom. The van der Waals surface area contributed by atoms with Crippen LogP contribution in [0.15, 0.2) is 70.1 Å². The van der Waals surface area contributed by atoms with Crippen LogP contribution in [0.3, 0.4) is 0 Å². The smallest absolute Gasteiger partial charge is 0.238 e. The molecule has 170 valence electrons. The number of hydrogen-bond acceptors (Lipinski definition) is 6. The summed E-state index contributed by atoms with van der Waals surface area (Å²) in [5.74, 6) is 1.74. The lowest BCUT2D eigenvalue weighted by Gasteiger charge is -2.06. The van der Waals surface area contributed by atoms with E-state index in [4.69, 9.17) is 37.1 Å². The molecule has 0 unspecified atom stereocenters. The summed E-state index contributed by atoms with van der Waals surface area (Å²) in [5, 5.41) is 20.7. The number of hydrogen-bond donors (Lipinski definition) is 1. The average molecular weight is 493 g/mol. The van der Waals surface area contributed by atoms with E-state index in [2.05, 4.69) is 11.1 Å². The quantitative estimate of drug-likeness (QED) is 0.286. The monoisotopic (exact) mass is 492 g/mol. The standard InChI is InChI=1S/C26H18Cl2N2O4/c1-32-19-7-3-15(4-8-19)23-21(13-29)26(30-14-17-11-18(27)12-22(28)24(17)31)34-25(23)16-5-9-20(33-2)10-6-16/h3-12,14,31H,1-2H3/b30-14+. The van der Waals surface area contributed by atoms with Gasteiger partial charge in [0.25, 0.3) is 0 Å². The topological polar surface area (TPSA) is 88.0 Å². The minimum atomic E-state index is -0.175. The number of halogens is 2. The summed E-state index contributed by atoms with van der Waals surface area (Å²) >= 11 is 12.1. The first-order valence-electron chi connectivity index (χ1n) is 10.0. The van der Waals surface area contributed by atoms with Gasteiger partial charge in [-0.25, -0.2) is 4.99 Å². The highest BCUT2D eigenvalue weighted by atomic mass is 35.5. The number of methoxy groups -OCH3 is 2. The van der Waals surface area contributed by atoms with Gasteiger partial charge in [-0.3, -0.25) is 0 Å². The minimum Gasteiger partial charge on any atom is -0.506 e. The molecular weight excluding hydrogens is 475 g/mol. The van der Waals surface area contributed by atoms with E-state index in [1.54, 1.807) is 38.5 Å². The molecule has 0 aliphatic heterocycles. The van der Waals surface area contributed by atoms with Gasteiger partial charge in [-0.15, -0.1) is 0 Å². The molecule has 1 heterocycles. The Balaban J connectivity index is 1.89. The largest absolute Gasteiger partial charge is 0.506 e. The number of phenols is 1. The average Bonchev–Trinajstić information content (AvgIpc) is 3.23. The van der Waals surface area contributed by atoms with Gasteiger partial charge < -0.3 is 19.0 Å². The molecule has 0 saturated carbocycles. The number of nitriles is 1. The molecule has 6 nitrogen and oxygen atoms in total. The van der Waals surface area contributed by atoms with Gasteiger partial charge in [0, 0.05) is 27.9 Å². The number of rotatable bonds is 6. The van der Waals surface area contributed by atoms with Crippen LogP contribution in [0, 0.1) is 11.3 Å². The molecule has 0 spiro atoms. The summed E-state index contributed by atoms with van der Waals surface area (Å²) in [6, 6.07) is 19.7. The van der Waals surface area contributed by atoms with Crippen molar-refractivity contribution in [3.05, 3.63) is 81.8 Å². The van der Waals surface area contributed by atoms with E-state index < -0.39 is 0 Å². The zero-order valence-electron chi connectivity index (χ0n) is 18.2. The van der Waals surface area contributed by atoms with Crippen molar-refractivity contribution in [3.8, 4) is 45.8 Å². The van der Waals surface area contributed by atoms with Crippen LogP contribution in [0.25, 0.3) is 22.5 Å². The summed E-state index contributed by atoms with van der Waals surface area (Å²) in [6.45, 7) is 0. The first kappa shape index (κ1) is 23.2. The second-order valence-corrected chi connectivity index (χ2v) is 7.98. The van der Waals surface area contributed by atoms with Crippen molar-refractivity contribution in [2.24, 2.45) is 4.99 Å². The van der Waals surface area contributed by atoms with E-state index in [0.29, 0.717) is 27.8 Å². The Morgan fingerprint density at radius 1 is 0.941 bits per heavy atom. The molecule has 4 rings (SSSR count). The molecule has 0 fully saturated rings. The highest BCUT2D eigenvalue weighted by Crippen LogP contribution is 2.43. The van der Waals surface area contributed by atoms with Gasteiger partial charge in [0.1, 0.15) is 34.6 Å². The minimum absolute atomic E-state index is 0.0784. The summed E-state index contributed by atoms with van der Waals surface area (Å²) < 4.78 is 16.6. The fourth-order valence-electron chi connectivity index (χ4n) is 3.41. The van der Waals surface area contributed by atoms with Crippen LogP contribution in [0.1, 0.15) is 11.1 Å². The summed E-state index contributed by atoms with van der Waals surface area (Å²) in [7, 11) is 3.17. The highest BCUT2D eigenvalue weighted by Gasteiger charge is 2.23. The maximum Gasteiger partial charge on any atom is 0.238 e. The molecule has 4 aromatic rings. The lowest BCUT2D eigenvalue weighted by atomic mass is 9.98. The number of ether oxygens (including phenoxy) is 2. The molecule has 34 heavy (non-hydrogen) atoms. The summed E-state index contributed by atoms with van der Waals surface area (Å²) in [4.78, 5) is 4.35. The van der Waals surface area contributed by atoms with Crippen molar-refractivity contribution in [1.29, 1.82) is 5.26 Å². The Morgan fingerprint density at radius 3 is 2.09 bits per heavy atom. The fraction of sp³-hybridized carbons (Fsp3) is 0.0769. The molecule has 0 amide bonds. The van der Waals surface area contributed by atoms with Gasteiger partial charge in [0.2, 0.25) is 5.88 Å². The zero-order valence-corrected chi connectivity index (χ0v) is 19.7. The molecule has 0 bridgehead atoms. The van der Waals surface area contributed by atoms with Gasteiger partial charge >= 0.3 is 0 Å². The van der Waals surface area contributed by atoms with Gasteiger partial charge in [-0.1, -0.05) is 35.3 Å². The zero-order chi connectivity index (χ0) is 24.2. The number of nitrogens with zero attached hydrogens (tertiary/aromatic N) is 2. The Bertz CT molecular complexity index is 1400. The maximum atomic E-state index is 10.2. The number of furan rings is 1. The van der Waals surface area contributed by atoms with Crippen molar-refractivity contribution in [2.45, 2.75) is 0 Å². The summed E-state index contributed by atoms with van der Waals surface area (Å²) in [5.41, 5.74) is 2.59. The predicted molar refractivity (Wildman–Crippen MR) is 133 cm³/mol. The van der Waals surface area contributed by atoms with Gasteiger partial charge in [-0.05, 0) is 54.1 Å². The predicted octanol–water partition coefficient (Wildman–Crippen LogP) is 7.27. The van der Waals surface area contributed by atoms with Crippen LogP contribution in [-0.4, -0.2) is 25.5 Å². The molecule has 0 aliphatic carbocycles. The van der Waals surface area contributed by atoms with Crippen LogP contribution in [-0.2, 0) is 0 Å². The van der Waals surface area contributed by atoms with E-state index in [9.17, 15) is 10.4 Å². The third-order valence-corrected chi connectivity index (χ3v) is 5.62. The van der Waals surface area contributed by atoms with Crippen molar-refractivity contribution < 1.29 is 19.0 Å². The molecule has 1 aromatic heterocycles. The SMILES string of the molecule is COc1ccc(-c2oc(/N=C/c3cc(Cl)cc(Cl)c3O)c(C#N)c2-c2ccc(OC)cc2)cc1. The lowest BCUT2D eigenvalue weighted by molar-refractivity contribution is 0.414. The van der Waals surface area contributed by atoms with Crippen molar-refractivity contribution in [3.63, 3.8) is 0 Å². The fourth-order valence-corrected chi connectivity index (χ4v) is 3.91. The molecule has 8 heteroatoms. The number of benzene rings is 3. The molecule has 3 aromatic carbocycles. The van der Waals surface area contributed by atoms with E-state index >= 15 is 0 Å². The number of aliphatic imine (C=N–C) groups is 1. The molecule has 1 N–H and O–H groups in total. The number of phenolic OH excluding ortho intramolecular Hbond substituents is 1. The van der Waals surface area contributed by atoms with Crippen LogP contribution in [0.5, 0.6) is 17.2 Å². The second-order valence-electron chi connectivity index (χ2n) is 7.14. The molecule has 0 saturated heterocycles. The third-order valence-electron chi connectivity index (χ3n) is 5.11. The first-order chi connectivity index (χ1) is 16.4. The van der Waals surface area contributed by atoms with Crippen molar-refractivity contribution in [1.82, 2.24) is 0 Å². The molecule has 0 atom stereocenters. The highest BCUT2D eigenvalue weighted by molar-refractivity contribution is 6.36. The number of aromatic hydroxyl groups is 1. The van der Waals surface area contributed by atoms with Crippen molar-refractivity contribution >= 4 is 35.3 Å². The van der Waals surface area contributed by atoms with E-state index in [1.807, 2.05) is 24.3 Å². The van der Waals surface area contributed by atoms with Crippen LogP contribution in [0.2, 0.25) is 10.0 Å². The normalized spacial score (nSPS) is 10.9. The maximum absolute atomic E-state index is 10.2. The Hall–Kier alpha value is -3.92. The van der Waals surface area contributed by atoms with Gasteiger partial charge in [0.15, 0.2) is 0 Å². The first-order valence-corrected chi connectivity index (χ1v) is 10.8. The van der Waals surface area contributed by atoms with Crippen LogP contribution >= 0.6 is 23.2 Å². The molecular formula is C26H18Cl2N2O4. The van der Waals surface area contributed by atoms with E-state index in [0.717, 1.165) is 11.1 Å². The van der Waals surface area contributed by atoms with Crippen molar-refractivity contribution in [2.75, 3.05) is 14.2 Å². The second kappa shape index (κ2) is 9.92. The Labute approximate surface area is 206 Å². The van der Waals surface area contributed by atoms with Gasteiger partial charge in [-0.2, -0.15) is 5.26 Å².